The van der Waals surface area contributed by atoms with Crippen LogP contribution in [0.25, 0.3) is 0 Å². The standard InChI is InChI=1S/C6H9N5O4/c1-15-6-4(11(13)14)2-10(9-6)3-5(12)8-7/h2H,3,7H2,1H3,(H,8,12). The van der Waals surface area contributed by atoms with Gasteiger partial charge < -0.3 is 4.74 Å². The predicted molar refractivity (Wildman–Crippen MR) is 47.8 cm³/mol. The van der Waals surface area contributed by atoms with E-state index in [0.29, 0.717) is 0 Å². The topological polar surface area (TPSA) is 125 Å². The van der Waals surface area contributed by atoms with Crippen molar-refractivity contribution in [2.75, 3.05) is 7.11 Å². The summed E-state index contributed by atoms with van der Waals surface area (Å²) >= 11 is 0. The van der Waals surface area contributed by atoms with Crippen molar-refractivity contribution < 1.29 is 14.5 Å². The lowest BCUT2D eigenvalue weighted by atomic mass is 10.5. The molecule has 0 saturated carbocycles. The van der Waals surface area contributed by atoms with Gasteiger partial charge in [-0.1, -0.05) is 0 Å². The van der Waals surface area contributed by atoms with E-state index in [-0.39, 0.29) is 18.1 Å². The minimum absolute atomic E-state index is 0.148. The molecule has 1 amide bonds. The molecular weight excluding hydrogens is 206 g/mol. The summed E-state index contributed by atoms with van der Waals surface area (Å²) in [6.45, 7) is -0.208. The monoisotopic (exact) mass is 215 g/mol. The zero-order valence-corrected chi connectivity index (χ0v) is 7.84. The summed E-state index contributed by atoms with van der Waals surface area (Å²) in [4.78, 5) is 20.7. The average molecular weight is 215 g/mol. The Morgan fingerprint density at radius 1 is 1.87 bits per heavy atom. The molecule has 1 aromatic heterocycles. The van der Waals surface area contributed by atoms with Crippen LogP contribution in [0.2, 0.25) is 0 Å². The molecule has 1 rings (SSSR count). The second kappa shape index (κ2) is 4.37. The van der Waals surface area contributed by atoms with Gasteiger partial charge in [-0.2, -0.15) is 0 Å². The van der Waals surface area contributed by atoms with Crippen LogP contribution in [0.15, 0.2) is 6.20 Å². The molecule has 0 aromatic carbocycles. The van der Waals surface area contributed by atoms with E-state index in [1.807, 2.05) is 5.43 Å². The van der Waals surface area contributed by atoms with Gasteiger partial charge in [0, 0.05) is 0 Å². The quantitative estimate of drug-likeness (QED) is 0.281. The molecule has 9 nitrogen and oxygen atoms in total. The minimum Gasteiger partial charge on any atom is -0.475 e. The number of carbonyl (C=O) groups is 1. The maximum absolute atomic E-state index is 10.9. The first kappa shape index (κ1) is 10.9. The number of nitro groups is 1. The second-order valence-electron chi connectivity index (χ2n) is 2.55. The molecule has 82 valence electrons. The van der Waals surface area contributed by atoms with Crippen LogP contribution in [-0.4, -0.2) is 27.7 Å². The van der Waals surface area contributed by atoms with Gasteiger partial charge in [0.1, 0.15) is 12.7 Å². The third-order valence-corrected chi connectivity index (χ3v) is 1.57. The van der Waals surface area contributed by atoms with Gasteiger partial charge in [-0.15, -0.1) is 5.10 Å². The molecule has 0 aliphatic heterocycles. The first-order chi connectivity index (χ1) is 7.08. The highest BCUT2D eigenvalue weighted by Crippen LogP contribution is 2.23. The van der Waals surface area contributed by atoms with Gasteiger partial charge in [0.25, 0.3) is 5.91 Å². The van der Waals surface area contributed by atoms with E-state index < -0.39 is 10.8 Å². The Kier molecular flexibility index (Phi) is 3.18. The van der Waals surface area contributed by atoms with Crippen molar-refractivity contribution in [1.82, 2.24) is 15.2 Å². The molecule has 0 radical (unpaired) electrons. The normalized spacial score (nSPS) is 9.73. The van der Waals surface area contributed by atoms with Gasteiger partial charge in [0.05, 0.1) is 12.0 Å². The molecule has 0 fully saturated rings. The summed E-state index contributed by atoms with van der Waals surface area (Å²) in [5, 5.41) is 14.2. The summed E-state index contributed by atoms with van der Waals surface area (Å²) in [5.74, 6) is 4.18. The number of nitrogens with zero attached hydrogens (tertiary/aromatic N) is 3. The largest absolute Gasteiger partial charge is 0.475 e. The fourth-order valence-corrected chi connectivity index (χ4v) is 0.938. The van der Waals surface area contributed by atoms with Crippen molar-refractivity contribution >= 4 is 11.6 Å². The van der Waals surface area contributed by atoms with Crippen LogP contribution in [-0.2, 0) is 11.3 Å². The van der Waals surface area contributed by atoms with Gasteiger partial charge in [-0.3, -0.25) is 25.0 Å². The van der Waals surface area contributed by atoms with Crippen molar-refractivity contribution in [3.8, 4) is 5.88 Å². The molecule has 1 aromatic rings. The van der Waals surface area contributed by atoms with Gasteiger partial charge >= 0.3 is 11.6 Å². The maximum atomic E-state index is 10.9. The van der Waals surface area contributed by atoms with Crippen molar-refractivity contribution in [3.63, 3.8) is 0 Å². The SMILES string of the molecule is COc1nn(CC(=O)NN)cc1[N+](=O)[O-]. The molecule has 0 unspecified atom stereocenters. The lowest BCUT2D eigenvalue weighted by Gasteiger charge is -1.97. The molecule has 0 bridgehead atoms. The summed E-state index contributed by atoms with van der Waals surface area (Å²) in [7, 11) is 1.25. The highest BCUT2D eigenvalue weighted by atomic mass is 16.6. The number of carbonyl (C=O) groups excluding carboxylic acids is 1. The summed E-state index contributed by atoms with van der Waals surface area (Å²) in [6, 6.07) is 0. The van der Waals surface area contributed by atoms with Crippen LogP contribution in [0.3, 0.4) is 0 Å². The Balaban J connectivity index is 2.92. The van der Waals surface area contributed by atoms with E-state index in [0.717, 1.165) is 10.9 Å². The molecule has 0 aliphatic rings. The van der Waals surface area contributed by atoms with E-state index in [1.165, 1.54) is 7.11 Å². The summed E-state index contributed by atoms with van der Waals surface area (Å²) in [6.07, 6.45) is 1.09. The summed E-state index contributed by atoms with van der Waals surface area (Å²) in [5.41, 5.74) is 1.58. The first-order valence-corrected chi connectivity index (χ1v) is 3.83. The number of rotatable bonds is 4. The van der Waals surface area contributed by atoms with Gasteiger partial charge in [0.15, 0.2) is 0 Å². The molecular formula is C6H9N5O4. The first-order valence-electron chi connectivity index (χ1n) is 3.83. The Bertz CT molecular complexity index is 387. The van der Waals surface area contributed by atoms with E-state index in [1.54, 1.807) is 0 Å². The Hall–Kier alpha value is -2.16. The molecule has 1 heterocycles. The van der Waals surface area contributed by atoms with E-state index >= 15 is 0 Å². The van der Waals surface area contributed by atoms with Crippen LogP contribution in [0.1, 0.15) is 0 Å². The van der Waals surface area contributed by atoms with Crippen LogP contribution >= 0.6 is 0 Å². The zero-order valence-electron chi connectivity index (χ0n) is 7.84. The number of methoxy groups -OCH3 is 1. The van der Waals surface area contributed by atoms with Crippen molar-refractivity contribution in [2.24, 2.45) is 5.84 Å². The van der Waals surface area contributed by atoms with Gasteiger partial charge in [-0.25, -0.2) is 5.84 Å². The average Bonchev–Trinajstić information content (AvgIpc) is 2.60. The molecule has 0 aliphatic carbocycles. The molecule has 0 spiro atoms. The van der Waals surface area contributed by atoms with Gasteiger partial charge in [-0.05, 0) is 0 Å². The van der Waals surface area contributed by atoms with E-state index in [4.69, 9.17) is 5.84 Å². The third-order valence-electron chi connectivity index (χ3n) is 1.57. The Morgan fingerprint density at radius 2 is 2.53 bits per heavy atom. The lowest BCUT2D eigenvalue weighted by molar-refractivity contribution is -0.385. The maximum Gasteiger partial charge on any atom is 0.350 e. The van der Waals surface area contributed by atoms with Crippen molar-refractivity contribution in [2.45, 2.75) is 6.54 Å². The highest BCUT2D eigenvalue weighted by molar-refractivity contribution is 5.74. The zero-order chi connectivity index (χ0) is 11.4. The van der Waals surface area contributed by atoms with E-state index in [9.17, 15) is 14.9 Å². The number of hydrazine groups is 1. The van der Waals surface area contributed by atoms with Gasteiger partial charge in [0.2, 0.25) is 0 Å². The van der Waals surface area contributed by atoms with Crippen LogP contribution in [0.4, 0.5) is 5.69 Å². The number of nitrogens with one attached hydrogen (secondary N) is 1. The number of hydrogen-bond acceptors (Lipinski definition) is 6. The number of amides is 1. The smallest absolute Gasteiger partial charge is 0.350 e. The molecule has 3 N–H and O–H groups in total. The van der Waals surface area contributed by atoms with Crippen LogP contribution in [0, 0.1) is 10.1 Å². The van der Waals surface area contributed by atoms with E-state index in [2.05, 4.69) is 9.84 Å². The van der Waals surface area contributed by atoms with Crippen LogP contribution in [0.5, 0.6) is 5.88 Å². The number of aromatic nitrogens is 2. The van der Waals surface area contributed by atoms with Crippen molar-refractivity contribution in [1.29, 1.82) is 0 Å². The molecule has 9 heteroatoms. The Morgan fingerprint density at radius 3 is 2.93 bits per heavy atom. The second-order valence-corrected chi connectivity index (χ2v) is 2.55. The van der Waals surface area contributed by atoms with Crippen molar-refractivity contribution in [3.05, 3.63) is 16.3 Å². The highest BCUT2D eigenvalue weighted by Gasteiger charge is 2.20. The fraction of sp³-hybridized carbons (Fsp3) is 0.333. The fourth-order valence-electron chi connectivity index (χ4n) is 0.938. The molecule has 15 heavy (non-hydrogen) atoms. The number of hydrogen-bond donors (Lipinski definition) is 2. The predicted octanol–water partition coefficient (Wildman–Crippen LogP) is -1.21. The third kappa shape index (κ3) is 2.40. The summed E-state index contributed by atoms with van der Waals surface area (Å²) < 4.78 is 5.73. The number of ether oxygens (including phenoxy) is 1. The minimum atomic E-state index is -0.650. The Labute approximate surface area is 83.9 Å². The lowest BCUT2D eigenvalue weighted by Crippen LogP contribution is -2.33. The van der Waals surface area contributed by atoms with Crippen LogP contribution < -0.4 is 16.0 Å². The molecule has 0 saturated heterocycles. The number of nitrogens with two attached hydrogens (primary N) is 1. The molecule has 0 atom stereocenters.